The maximum atomic E-state index is 13.6. The second kappa shape index (κ2) is 7.88. The Morgan fingerprint density at radius 1 is 1.19 bits per heavy atom. The molecule has 0 saturated carbocycles. The lowest BCUT2D eigenvalue weighted by molar-refractivity contribution is -0.113. The van der Waals surface area contributed by atoms with Gasteiger partial charge in [0.1, 0.15) is 5.82 Å². The number of amides is 1. The van der Waals surface area contributed by atoms with Crippen LogP contribution in [0.4, 0.5) is 10.1 Å². The molecular weight excluding hydrogens is 377 g/mol. The van der Waals surface area contributed by atoms with Crippen LogP contribution in [0.15, 0.2) is 46.0 Å². The lowest BCUT2D eigenvalue weighted by Gasteiger charge is -2.05. The smallest absolute Gasteiger partial charge is 0.277 e. The molecule has 0 aliphatic rings. The van der Waals surface area contributed by atoms with E-state index in [2.05, 4.69) is 21.6 Å². The Bertz CT molecular complexity index is 941. The number of thioether (sulfide) groups is 1. The van der Waals surface area contributed by atoms with Gasteiger partial charge in [-0.3, -0.25) is 4.79 Å². The molecule has 0 spiro atoms. The van der Waals surface area contributed by atoms with Gasteiger partial charge in [0, 0.05) is 10.6 Å². The Kier molecular flexibility index (Phi) is 5.58. The molecule has 134 valence electrons. The molecule has 26 heavy (non-hydrogen) atoms. The number of anilines is 1. The minimum atomic E-state index is -0.553. The summed E-state index contributed by atoms with van der Waals surface area (Å²) in [5, 5.41) is 11.0. The summed E-state index contributed by atoms with van der Waals surface area (Å²) >= 11 is 6.87. The van der Waals surface area contributed by atoms with Gasteiger partial charge in [-0.2, -0.15) is 0 Å². The van der Waals surface area contributed by atoms with Gasteiger partial charge >= 0.3 is 0 Å². The highest BCUT2D eigenvalue weighted by atomic mass is 35.5. The number of aromatic nitrogens is 2. The highest BCUT2D eigenvalue weighted by Crippen LogP contribution is 2.25. The monoisotopic (exact) mass is 391 g/mol. The number of nitrogens with zero attached hydrogens (tertiary/aromatic N) is 2. The summed E-state index contributed by atoms with van der Waals surface area (Å²) in [4.78, 5) is 12.0. The standard InChI is InChI=1S/C18H15ClFN3O2S/c1-10-5-11(2)7-12(6-10)17-22-23-18(25-17)26-9-16(24)21-15-8-13(19)3-4-14(15)20/h3-8H,9H2,1-2H3,(H,21,24). The summed E-state index contributed by atoms with van der Waals surface area (Å²) in [7, 11) is 0. The SMILES string of the molecule is Cc1cc(C)cc(-c2nnc(SCC(=O)Nc3cc(Cl)ccc3F)o2)c1. The Labute approximate surface area is 159 Å². The lowest BCUT2D eigenvalue weighted by atomic mass is 10.1. The maximum absolute atomic E-state index is 13.6. The molecule has 0 saturated heterocycles. The number of carbonyl (C=O) groups is 1. The van der Waals surface area contributed by atoms with Crippen molar-refractivity contribution in [2.24, 2.45) is 0 Å². The van der Waals surface area contributed by atoms with Crippen molar-refractivity contribution < 1.29 is 13.6 Å². The van der Waals surface area contributed by atoms with Gasteiger partial charge in [-0.1, -0.05) is 40.6 Å². The predicted octanol–water partition coefficient (Wildman–Crippen LogP) is 4.88. The molecule has 0 aliphatic carbocycles. The van der Waals surface area contributed by atoms with Crippen LogP contribution < -0.4 is 5.32 Å². The van der Waals surface area contributed by atoms with E-state index < -0.39 is 11.7 Å². The highest BCUT2D eigenvalue weighted by Gasteiger charge is 2.13. The zero-order chi connectivity index (χ0) is 18.7. The van der Waals surface area contributed by atoms with E-state index in [9.17, 15) is 9.18 Å². The van der Waals surface area contributed by atoms with Gasteiger partial charge < -0.3 is 9.73 Å². The van der Waals surface area contributed by atoms with E-state index in [0.29, 0.717) is 10.9 Å². The molecule has 1 N–H and O–H groups in total. The second-order valence-electron chi connectivity index (χ2n) is 5.71. The number of benzene rings is 2. The molecule has 0 atom stereocenters. The number of aryl methyl sites for hydroxylation is 2. The fourth-order valence-electron chi connectivity index (χ4n) is 2.39. The van der Waals surface area contributed by atoms with Crippen molar-refractivity contribution in [2.45, 2.75) is 19.1 Å². The predicted molar refractivity (Wildman–Crippen MR) is 100.0 cm³/mol. The van der Waals surface area contributed by atoms with Crippen LogP contribution in [0.1, 0.15) is 11.1 Å². The summed E-state index contributed by atoms with van der Waals surface area (Å²) < 4.78 is 19.2. The van der Waals surface area contributed by atoms with Gasteiger partial charge in [-0.05, 0) is 44.2 Å². The Hall–Kier alpha value is -2.38. The van der Waals surface area contributed by atoms with Crippen LogP contribution in [-0.4, -0.2) is 21.9 Å². The molecule has 5 nitrogen and oxygen atoms in total. The quantitative estimate of drug-likeness (QED) is 0.628. The molecule has 8 heteroatoms. The molecule has 3 aromatic rings. The minimum absolute atomic E-state index is 0.000428. The van der Waals surface area contributed by atoms with E-state index in [-0.39, 0.29) is 16.7 Å². The van der Waals surface area contributed by atoms with Crippen LogP contribution in [-0.2, 0) is 4.79 Å². The summed E-state index contributed by atoms with van der Waals surface area (Å²) in [5.74, 6) is -0.564. The van der Waals surface area contributed by atoms with E-state index in [0.717, 1.165) is 28.5 Å². The van der Waals surface area contributed by atoms with E-state index in [1.807, 2.05) is 26.0 Å². The fourth-order valence-corrected chi connectivity index (χ4v) is 3.13. The van der Waals surface area contributed by atoms with Crippen LogP contribution in [0.3, 0.4) is 0 Å². The number of carbonyl (C=O) groups excluding carboxylic acids is 1. The van der Waals surface area contributed by atoms with Crippen LogP contribution in [0, 0.1) is 19.7 Å². The van der Waals surface area contributed by atoms with Gasteiger partial charge in [0.05, 0.1) is 11.4 Å². The van der Waals surface area contributed by atoms with Gasteiger partial charge in [0.15, 0.2) is 0 Å². The number of hydrogen-bond acceptors (Lipinski definition) is 5. The Morgan fingerprint density at radius 2 is 1.92 bits per heavy atom. The first-order valence-electron chi connectivity index (χ1n) is 7.70. The van der Waals surface area contributed by atoms with Crippen molar-refractivity contribution in [1.82, 2.24) is 10.2 Å². The number of rotatable bonds is 5. The van der Waals surface area contributed by atoms with Crippen molar-refractivity contribution >= 4 is 35.0 Å². The summed E-state index contributed by atoms with van der Waals surface area (Å²) in [6, 6.07) is 9.90. The number of halogens is 2. The molecule has 0 bridgehead atoms. The molecule has 1 heterocycles. The largest absolute Gasteiger partial charge is 0.411 e. The average molecular weight is 392 g/mol. The molecule has 0 aliphatic heterocycles. The fraction of sp³-hybridized carbons (Fsp3) is 0.167. The first-order valence-corrected chi connectivity index (χ1v) is 9.07. The van der Waals surface area contributed by atoms with Gasteiger partial charge in [0.2, 0.25) is 11.8 Å². The first-order chi connectivity index (χ1) is 12.4. The zero-order valence-corrected chi connectivity index (χ0v) is 15.6. The summed E-state index contributed by atoms with van der Waals surface area (Å²) in [6.45, 7) is 3.98. The van der Waals surface area contributed by atoms with Crippen molar-refractivity contribution in [2.75, 3.05) is 11.1 Å². The van der Waals surface area contributed by atoms with Crippen LogP contribution >= 0.6 is 23.4 Å². The van der Waals surface area contributed by atoms with Gasteiger partial charge in [0.25, 0.3) is 5.22 Å². The molecule has 0 unspecified atom stereocenters. The average Bonchev–Trinajstić information content (AvgIpc) is 3.04. The van der Waals surface area contributed by atoms with Crippen LogP contribution in [0.25, 0.3) is 11.5 Å². The van der Waals surface area contributed by atoms with Gasteiger partial charge in [-0.15, -0.1) is 10.2 Å². The van der Waals surface area contributed by atoms with Gasteiger partial charge in [-0.25, -0.2) is 4.39 Å². The van der Waals surface area contributed by atoms with Crippen molar-refractivity contribution in [1.29, 1.82) is 0 Å². The van der Waals surface area contributed by atoms with Crippen molar-refractivity contribution in [3.8, 4) is 11.5 Å². The number of hydrogen-bond donors (Lipinski definition) is 1. The zero-order valence-electron chi connectivity index (χ0n) is 14.0. The van der Waals surface area contributed by atoms with Crippen LogP contribution in [0.2, 0.25) is 5.02 Å². The topological polar surface area (TPSA) is 68.0 Å². The third-order valence-electron chi connectivity index (χ3n) is 3.40. The second-order valence-corrected chi connectivity index (χ2v) is 7.07. The van der Waals surface area contributed by atoms with E-state index >= 15 is 0 Å². The third kappa shape index (κ3) is 4.62. The molecule has 0 radical (unpaired) electrons. The molecule has 3 rings (SSSR count). The highest BCUT2D eigenvalue weighted by molar-refractivity contribution is 7.99. The minimum Gasteiger partial charge on any atom is -0.411 e. The Balaban J connectivity index is 1.62. The molecular formula is C18H15ClFN3O2S. The van der Waals surface area contributed by atoms with E-state index in [4.69, 9.17) is 16.0 Å². The maximum Gasteiger partial charge on any atom is 0.277 e. The van der Waals surface area contributed by atoms with E-state index in [1.54, 1.807) is 0 Å². The van der Waals surface area contributed by atoms with Crippen molar-refractivity contribution in [3.05, 3.63) is 58.4 Å². The molecule has 0 fully saturated rings. The summed E-state index contributed by atoms with van der Waals surface area (Å²) in [6.07, 6.45) is 0. The normalized spacial score (nSPS) is 10.8. The Morgan fingerprint density at radius 3 is 2.65 bits per heavy atom. The summed E-state index contributed by atoms with van der Waals surface area (Å²) in [5.41, 5.74) is 3.04. The molecule has 1 aromatic heterocycles. The first kappa shape index (κ1) is 18.4. The van der Waals surface area contributed by atoms with Crippen molar-refractivity contribution in [3.63, 3.8) is 0 Å². The molecule has 1 amide bonds. The lowest BCUT2D eigenvalue weighted by Crippen LogP contribution is -2.15. The molecule has 2 aromatic carbocycles. The van der Waals surface area contributed by atoms with Crippen LogP contribution in [0.5, 0.6) is 0 Å². The van der Waals surface area contributed by atoms with E-state index in [1.165, 1.54) is 18.2 Å². The number of nitrogens with one attached hydrogen (secondary N) is 1. The third-order valence-corrected chi connectivity index (χ3v) is 4.46.